The number of nitrogens with zero attached hydrogens (tertiary/aromatic N) is 1. The van der Waals surface area contributed by atoms with Crippen molar-refractivity contribution in [3.8, 4) is 11.8 Å². The molecule has 0 radical (unpaired) electrons. The number of nitrogens with two attached hydrogens (primary N) is 1. The smallest absolute Gasteiger partial charge is 0.407 e. The lowest BCUT2D eigenvalue weighted by atomic mass is 10.0. The van der Waals surface area contributed by atoms with Crippen LogP contribution in [0.5, 0.6) is 0 Å². The molecular weight excluding hydrogens is 292 g/mol. The molecule has 0 fully saturated rings. The second-order valence-electron chi connectivity index (χ2n) is 5.10. The van der Waals surface area contributed by atoms with Gasteiger partial charge in [-0.3, -0.25) is 9.69 Å². The van der Waals surface area contributed by atoms with E-state index in [9.17, 15) is 9.59 Å². The summed E-state index contributed by atoms with van der Waals surface area (Å²) in [6.45, 7) is -0.0470. The number of carbonyl (C=O) groups is 2. The molecule has 0 spiro atoms. The number of benzene rings is 2. The summed E-state index contributed by atoms with van der Waals surface area (Å²) in [5.74, 6) is 5.52. The lowest BCUT2D eigenvalue weighted by Gasteiger charge is -2.16. The number of carboxylic acid groups (broad SMARTS) is 1. The van der Waals surface area contributed by atoms with E-state index in [1.54, 1.807) is 0 Å². The molecule has 0 aliphatic carbocycles. The van der Waals surface area contributed by atoms with E-state index in [0.29, 0.717) is 12.8 Å². The Hall–Kier alpha value is -3.00. The normalized spacial score (nSPS) is 9.91. The molecule has 2 rings (SSSR count). The zero-order valence-corrected chi connectivity index (χ0v) is 12.7. The van der Waals surface area contributed by atoms with Crippen molar-refractivity contribution >= 4 is 22.8 Å². The highest BCUT2D eigenvalue weighted by atomic mass is 16.4. The summed E-state index contributed by atoms with van der Waals surface area (Å²) in [5, 5.41) is 11.2. The van der Waals surface area contributed by atoms with Crippen molar-refractivity contribution in [1.82, 2.24) is 4.90 Å². The molecule has 2 aromatic carbocycles. The third-order valence-corrected chi connectivity index (χ3v) is 3.36. The maximum atomic E-state index is 10.9. The maximum Gasteiger partial charge on any atom is 0.407 e. The summed E-state index contributed by atoms with van der Waals surface area (Å²) in [5.41, 5.74) is 5.97. The van der Waals surface area contributed by atoms with Gasteiger partial charge in [0.15, 0.2) is 0 Å². The van der Waals surface area contributed by atoms with E-state index in [1.807, 2.05) is 42.5 Å². The standard InChI is InChI=1S/C18H18N2O3/c19-17(21)13-20(18(22)23)12-5-1-2-7-14-9-6-10-15-8-3-4-11-16(14)15/h3-4,6,8-11H,1,5,12-13H2,(H2,19,21)(H,22,23). The lowest BCUT2D eigenvalue weighted by Crippen LogP contribution is -2.38. The van der Waals surface area contributed by atoms with Gasteiger partial charge in [-0.2, -0.15) is 0 Å². The van der Waals surface area contributed by atoms with Gasteiger partial charge in [0, 0.05) is 18.5 Å². The van der Waals surface area contributed by atoms with Gasteiger partial charge in [-0.1, -0.05) is 48.2 Å². The van der Waals surface area contributed by atoms with E-state index in [4.69, 9.17) is 10.8 Å². The van der Waals surface area contributed by atoms with Crippen molar-refractivity contribution in [3.05, 3.63) is 48.0 Å². The van der Waals surface area contributed by atoms with Gasteiger partial charge in [-0.15, -0.1) is 0 Å². The number of hydrogen-bond donors (Lipinski definition) is 2. The predicted molar refractivity (Wildman–Crippen MR) is 88.9 cm³/mol. The molecule has 0 atom stereocenters. The number of amides is 2. The maximum absolute atomic E-state index is 10.9. The van der Waals surface area contributed by atoms with Crippen molar-refractivity contribution in [3.63, 3.8) is 0 Å². The largest absolute Gasteiger partial charge is 0.465 e. The number of unbranched alkanes of at least 4 members (excludes halogenated alkanes) is 1. The average molecular weight is 310 g/mol. The van der Waals surface area contributed by atoms with Crippen LogP contribution in [0, 0.1) is 11.8 Å². The first kappa shape index (κ1) is 16.4. The van der Waals surface area contributed by atoms with Gasteiger partial charge in [0.25, 0.3) is 0 Å². The third-order valence-electron chi connectivity index (χ3n) is 3.36. The van der Waals surface area contributed by atoms with Gasteiger partial charge < -0.3 is 10.8 Å². The van der Waals surface area contributed by atoms with Crippen LogP contribution in [0.4, 0.5) is 4.79 Å². The van der Waals surface area contributed by atoms with Crippen LogP contribution in [0.3, 0.4) is 0 Å². The molecule has 0 unspecified atom stereocenters. The Morgan fingerprint density at radius 1 is 1.13 bits per heavy atom. The number of carbonyl (C=O) groups excluding carboxylic acids is 1. The van der Waals surface area contributed by atoms with Crippen LogP contribution in [-0.2, 0) is 4.79 Å². The highest BCUT2D eigenvalue weighted by molar-refractivity contribution is 5.88. The molecule has 0 saturated carbocycles. The third kappa shape index (κ3) is 4.75. The van der Waals surface area contributed by atoms with Crippen molar-refractivity contribution in [2.45, 2.75) is 12.8 Å². The highest BCUT2D eigenvalue weighted by Crippen LogP contribution is 2.17. The molecule has 5 nitrogen and oxygen atoms in total. The lowest BCUT2D eigenvalue weighted by molar-refractivity contribution is -0.118. The molecule has 23 heavy (non-hydrogen) atoms. The minimum absolute atomic E-state index is 0.239. The Morgan fingerprint density at radius 2 is 1.87 bits per heavy atom. The van der Waals surface area contributed by atoms with E-state index >= 15 is 0 Å². The Kier molecular flexibility index (Phi) is 5.59. The van der Waals surface area contributed by atoms with Crippen LogP contribution < -0.4 is 5.73 Å². The van der Waals surface area contributed by atoms with Crippen LogP contribution in [0.15, 0.2) is 42.5 Å². The van der Waals surface area contributed by atoms with Gasteiger partial charge in [-0.05, 0) is 23.3 Å². The summed E-state index contributed by atoms with van der Waals surface area (Å²) in [6.07, 6.45) is -0.0471. The molecule has 2 amide bonds. The fraction of sp³-hybridized carbons (Fsp3) is 0.222. The average Bonchev–Trinajstić information content (AvgIpc) is 2.53. The second-order valence-corrected chi connectivity index (χ2v) is 5.10. The summed E-state index contributed by atoms with van der Waals surface area (Å²) in [7, 11) is 0. The summed E-state index contributed by atoms with van der Waals surface area (Å²) < 4.78 is 0. The van der Waals surface area contributed by atoms with Gasteiger partial charge in [0.1, 0.15) is 6.54 Å². The summed E-state index contributed by atoms with van der Waals surface area (Å²) in [4.78, 5) is 22.8. The minimum atomic E-state index is -1.15. The quantitative estimate of drug-likeness (QED) is 0.657. The Balaban J connectivity index is 1.95. The van der Waals surface area contributed by atoms with Gasteiger partial charge in [0.05, 0.1) is 0 Å². The monoisotopic (exact) mass is 310 g/mol. The van der Waals surface area contributed by atoms with Gasteiger partial charge >= 0.3 is 6.09 Å². The molecular formula is C18H18N2O3. The molecule has 0 bridgehead atoms. The fourth-order valence-electron chi connectivity index (χ4n) is 2.28. The van der Waals surface area contributed by atoms with E-state index in [1.165, 1.54) is 0 Å². The minimum Gasteiger partial charge on any atom is -0.465 e. The molecule has 5 heteroatoms. The SMILES string of the molecule is NC(=O)CN(CCCC#Cc1cccc2ccccc12)C(=O)O. The molecule has 118 valence electrons. The number of fused-ring (bicyclic) bond motifs is 1. The van der Waals surface area contributed by atoms with E-state index in [0.717, 1.165) is 21.2 Å². The van der Waals surface area contributed by atoms with Crippen molar-refractivity contribution < 1.29 is 14.7 Å². The summed E-state index contributed by atoms with van der Waals surface area (Å²) >= 11 is 0. The number of rotatable bonds is 5. The second kappa shape index (κ2) is 7.85. The predicted octanol–water partition coefficient (Wildman–Crippen LogP) is 2.44. The van der Waals surface area contributed by atoms with E-state index < -0.39 is 12.0 Å². The molecule has 0 saturated heterocycles. The molecule has 0 aromatic heterocycles. The van der Waals surface area contributed by atoms with E-state index in [-0.39, 0.29) is 13.1 Å². The fourth-order valence-corrected chi connectivity index (χ4v) is 2.28. The number of hydrogen-bond acceptors (Lipinski definition) is 2. The molecule has 0 heterocycles. The Labute approximate surface area is 134 Å². The van der Waals surface area contributed by atoms with Crippen LogP contribution >= 0.6 is 0 Å². The summed E-state index contributed by atoms with van der Waals surface area (Å²) in [6, 6.07) is 14.0. The van der Waals surface area contributed by atoms with Crippen LogP contribution in [-0.4, -0.2) is 35.1 Å². The first-order chi connectivity index (χ1) is 11.1. The first-order valence-corrected chi connectivity index (χ1v) is 7.31. The van der Waals surface area contributed by atoms with Crippen molar-refractivity contribution in [2.75, 3.05) is 13.1 Å². The van der Waals surface area contributed by atoms with E-state index in [2.05, 4.69) is 11.8 Å². The number of primary amides is 1. The zero-order chi connectivity index (χ0) is 16.7. The Morgan fingerprint density at radius 3 is 2.61 bits per heavy atom. The van der Waals surface area contributed by atoms with Gasteiger partial charge in [-0.25, -0.2) is 4.79 Å². The first-order valence-electron chi connectivity index (χ1n) is 7.31. The van der Waals surface area contributed by atoms with Crippen molar-refractivity contribution in [2.24, 2.45) is 5.73 Å². The molecule has 2 aromatic rings. The van der Waals surface area contributed by atoms with Crippen LogP contribution in [0.2, 0.25) is 0 Å². The van der Waals surface area contributed by atoms with Crippen LogP contribution in [0.25, 0.3) is 10.8 Å². The Bertz CT molecular complexity index is 769. The molecule has 3 N–H and O–H groups in total. The van der Waals surface area contributed by atoms with Crippen LogP contribution in [0.1, 0.15) is 18.4 Å². The molecule has 0 aliphatic heterocycles. The van der Waals surface area contributed by atoms with Gasteiger partial charge in [0.2, 0.25) is 5.91 Å². The topological polar surface area (TPSA) is 83.6 Å². The molecule has 0 aliphatic rings. The van der Waals surface area contributed by atoms with Crippen molar-refractivity contribution in [1.29, 1.82) is 0 Å². The highest BCUT2D eigenvalue weighted by Gasteiger charge is 2.12. The zero-order valence-electron chi connectivity index (χ0n) is 12.7.